The van der Waals surface area contributed by atoms with Crippen molar-refractivity contribution in [2.75, 3.05) is 6.61 Å². The molecule has 1 heterocycles. The first-order valence-electron chi connectivity index (χ1n) is 17.4. The van der Waals surface area contributed by atoms with Gasteiger partial charge in [0.25, 0.3) is 0 Å². The molecule has 0 aromatic heterocycles. The lowest BCUT2D eigenvalue weighted by molar-refractivity contribution is -0.330. The molecule has 0 radical (unpaired) electrons. The summed E-state index contributed by atoms with van der Waals surface area (Å²) in [5, 5.41) is 63.5. The summed E-state index contributed by atoms with van der Waals surface area (Å²) in [5.74, 6) is -0.382. The molecule has 14 atom stereocenters. The second-order valence-electron chi connectivity index (χ2n) is 18.0. The SMILES string of the molecule is CC1(C)CC[C@]2(C(=O)O)[C@H](O)C[C@]3(C)C(=CC[C@H]4[C@@]5(C)CC[C@H](O[C@H]6O[C@@H](CO)[C@H](O)[C@@H](O)[C@@H]6O)C(C)(C)[C@@H]5CC[C@]43C)[C@H]2C1. The number of ether oxygens (including phenoxy) is 2. The number of rotatable bonds is 4. The summed E-state index contributed by atoms with van der Waals surface area (Å²) in [7, 11) is 0. The minimum atomic E-state index is -1.47. The van der Waals surface area contributed by atoms with Gasteiger partial charge in [-0.1, -0.05) is 60.1 Å². The fraction of sp³-hybridized carbons (Fsp3) is 0.917. The van der Waals surface area contributed by atoms with Crippen molar-refractivity contribution in [1.82, 2.24) is 0 Å². The highest BCUT2D eigenvalue weighted by Crippen LogP contribution is 2.76. The van der Waals surface area contributed by atoms with E-state index >= 15 is 0 Å². The number of allylic oxidation sites excluding steroid dienone is 2. The highest BCUT2D eigenvalue weighted by atomic mass is 16.7. The topological polar surface area (TPSA) is 157 Å². The summed E-state index contributed by atoms with van der Waals surface area (Å²) in [6, 6.07) is 0. The Kier molecular flexibility index (Phi) is 8.05. The third kappa shape index (κ3) is 4.54. The lowest BCUT2D eigenvalue weighted by Gasteiger charge is -2.71. The summed E-state index contributed by atoms with van der Waals surface area (Å²) in [6.07, 6.45) is 1.79. The van der Waals surface area contributed by atoms with Gasteiger partial charge >= 0.3 is 5.97 Å². The normalized spacial score (nSPS) is 53.6. The Morgan fingerprint density at radius 2 is 1.58 bits per heavy atom. The van der Waals surface area contributed by atoms with E-state index in [4.69, 9.17) is 9.47 Å². The van der Waals surface area contributed by atoms with Crippen LogP contribution >= 0.6 is 0 Å². The zero-order chi connectivity index (χ0) is 33.1. The molecule has 9 nitrogen and oxygen atoms in total. The summed E-state index contributed by atoms with van der Waals surface area (Å²) in [6.45, 7) is 15.6. The molecule has 0 spiro atoms. The number of aliphatic carboxylic acids is 1. The maximum absolute atomic E-state index is 13.0. The molecule has 1 saturated heterocycles. The molecule has 0 aromatic rings. The largest absolute Gasteiger partial charge is 0.481 e. The van der Waals surface area contributed by atoms with Crippen molar-refractivity contribution >= 4 is 5.97 Å². The summed E-state index contributed by atoms with van der Waals surface area (Å²) in [5.41, 5.74) is -0.571. The molecule has 5 aliphatic carbocycles. The Morgan fingerprint density at radius 1 is 0.889 bits per heavy atom. The Balaban J connectivity index is 1.31. The fourth-order valence-electron chi connectivity index (χ4n) is 12.3. The van der Waals surface area contributed by atoms with E-state index in [1.165, 1.54) is 5.57 Å². The van der Waals surface area contributed by atoms with Gasteiger partial charge in [-0.05, 0) is 103 Å². The van der Waals surface area contributed by atoms with Crippen molar-refractivity contribution in [2.45, 2.75) is 149 Å². The van der Waals surface area contributed by atoms with Gasteiger partial charge in [-0.25, -0.2) is 0 Å². The van der Waals surface area contributed by atoms with E-state index in [0.717, 1.165) is 44.9 Å². The van der Waals surface area contributed by atoms with Crippen LogP contribution in [0.3, 0.4) is 0 Å². The molecular formula is C36H58O9. The molecule has 0 amide bonds. The number of hydrogen-bond donors (Lipinski definition) is 6. The van der Waals surface area contributed by atoms with Gasteiger partial charge in [-0.15, -0.1) is 0 Å². The third-order valence-corrected chi connectivity index (χ3v) is 15.2. The van der Waals surface area contributed by atoms with E-state index in [-0.39, 0.29) is 39.1 Å². The van der Waals surface area contributed by atoms with Crippen LogP contribution in [0.2, 0.25) is 0 Å². The molecule has 6 N–H and O–H groups in total. The molecular weight excluding hydrogens is 576 g/mol. The van der Waals surface area contributed by atoms with Crippen molar-refractivity contribution in [3.05, 3.63) is 11.6 Å². The Morgan fingerprint density at radius 3 is 2.22 bits per heavy atom. The van der Waals surface area contributed by atoms with Gasteiger partial charge in [-0.2, -0.15) is 0 Å². The number of aliphatic hydroxyl groups excluding tert-OH is 5. The molecule has 256 valence electrons. The van der Waals surface area contributed by atoms with Crippen LogP contribution in [-0.4, -0.2) is 86.1 Å². The molecule has 5 fully saturated rings. The smallest absolute Gasteiger partial charge is 0.312 e. The van der Waals surface area contributed by atoms with Gasteiger partial charge < -0.3 is 40.1 Å². The van der Waals surface area contributed by atoms with Crippen LogP contribution in [0, 0.1) is 50.2 Å². The van der Waals surface area contributed by atoms with Crippen LogP contribution in [0.1, 0.15) is 106 Å². The van der Waals surface area contributed by atoms with Crippen LogP contribution in [-0.2, 0) is 14.3 Å². The van der Waals surface area contributed by atoms with Crippen LogP contribution in [0.25, 0.3) is 0 Å². The number of fused-ring (bicyclic) bond motifs is 7. The Hall–Kier alpha value is -1.07. The van der Waals surface area contributed by atoms with Gasteiger partial charge in [-0.3, -0.25) is 4.79 Å². The standard InChI is InChI=1S/C36H58O9/c1-31(2)14-15-36(30(42)43)20(16-31)19-8-9-23-33(5)12-11-25(45-29-28(41)27(40)26(39)21(18-37)44-29)32(3,4)22(33)10-13-34(23,6)35(19,7)17-24(36)38/h8,20-29,37-41H,9-18H2,1-7H3,(H,42,43)/t20-,21+,22+,23+,24-,25+,26+,27-,28+,29-,33+,34-,35-,36-/m1/s1. The van der Waals surface area contributed by atoms with Gasteiger partial charge in [0.05, 0.1) is 18.8 Å². The first-order chi connectivity index (χ1) is 20.8. The van der Waals surface area contributed by atoms with Gasteiger partial charge in [0, 0.05) is 0 Å². The van der Waals surface area contributed by atoms with Crippen LogP contribution in [0.5, 0.6) is 0 Å². The second-order valence-corrected chi connectivity index (χ2v) is 18.0. The summed E-state index contributed by atoms with van der Waals surface area (Å²) in [4.78, 5) is 13.0. The predicted octanol–water partition coefficient (Wildman–Crippen LogP) is 4.03. The third-order valence-electron chi connectivity index (χ3n) is 15.2. The van der Waals surface area contributed by atoms with Crippen LogP contribution in [0.15, 0.2) is 11.6 Å². The van der Waals surface area contributed by atoms with Crippen molar-refractivity contribution < 1.29 is 44.9 Å². The van der Waals surface area contributed by atoms with Crippen molar-refractivity contribution in [2.24, 2.45) is 50.2 Å². The van der Waals surface area contributed by atoms with E-state index in [0.29, 0.717) is 24.7 Å². The van der Waals surface area contributed by atoms with E-state index in [1.807, 2.05) is 0 Å². The molecule has 6 aliphatic rings. The molecule has 9 heteroatoms. The molecule has 0 unspecified atom stereocenters. The molecule has 4 saturated carbocycles. The summed E-state index contributed by atoms with van der Waals surface area (Å²) < 4.78 is 12.2. The number of carboxylic acid groups (broad SMARTS) is 1. The zero-order valence-electron chi connectivity index (χ0n) is 28.3. The van der Waals surface area contributed by atoms with Crippen molar-refractivity contribution in [1.29, 1.82) is 0 Å². The average molecular weight is 635 g/mol. The number of carboxylic acids is 1. The number of hydrogen-bond acceptors (Lipinski definition) is 8. The fourth-order valence-corrected chi connectivity index (χ4v) is 12.3. The highest BCUT2D eigenvalue weighted by molar-refractivity contribution is 5.77. The van der Waals surface area contributed by atoms with Crippen LogP contribution < -0.4 is 0 Å². The van der Waals surface area contributed by atoms with Crippen molar-refractivity contribution in [3.63, 3.8) is 0 Å². The van der Waals surface area contributed by atoms with Gasteiger partial charge in [0.2, 0.25) is 0 Å². The summed E-state index contributed by atoms with van der Waals surface area (Å²) >= 11 is 0. The van der Waals surface area contributed by atoms with E-state index in [1.54, 1.807) is 0 Å². The Bertz CT molecular complexity index is 1210. The lowest BCUT2D eigenvalue weighted by atomic mass is 9.33. The van der Waals surface area contributed by atoms with Crippen LogP contribution in [0.4, 0.5) is 0 Å². The Labute approximate surface area is 268 Å². The van der Waals surface area contributed by atoms with Gasteiger partial charge in [0.1, 0.15) is 29.8 Å². The maximum Gasteiger partial charge on any atom is 0.312 e. The average Bonchev–Trinajstić information content (AvgIpc) is 2.94. The first-order valence-corrected chi connectivity index (χ1v) is 17.4. The second kappa shape index (κ2) is 10.7. The lowest BCUT2D eigenvalue weighted by Crippen LogP contribution is -2.68. The molecule has 0 bridgehead atoms. The van der Waals surface area contributed by atoms with E-state index in [9.17, 15) is 35.4 Å². The number of carbonyl (C=O) groups is 1. The predicted molar refractivity (Wildman–Crippen MR) is 167 cm³/mol. The van der Waals surface area contributed by atoms with E-state index < -0.39 is 54.8 Å². The molecule has 45 heavy (non-hydrogen) atoms. The number of aliphatic hydroxyl groups is 5. The monoisotopic (exact) mass is 634 g/mol. The quantitative estimate of drug-likeness (QED) is 0.199. The maximum atomic E-state index is 13.0. The molecule has 1 aliphatic heterocycles. The highest BCUT2D eigenvalue weighted by Gasteiger charge is 2.71. The molecule has 6 rings (SSSR count). The van der Waals surface area contributed by atoms with Crippen molar-refractivity contribution in [3.8, 4) is 0 Å². The van der Waals surface area contributed by atoms with Gasteiger partial charge in [0.15, 0.2) is 6.29 Å². The minimum absolute atomic E-state index is 0.0210. The zero-order valence-corrected chi connectivity index (χ0v) is 28.3. The first kappa shape index (κ1) is 33.8. The van der Waals surface area contributed by atoms with E-state index in [2.05, 4.69) is 54.5 Å². The molecule has 0 aromatic carbocycles. The minimum Gasteiger partial charge on any atom is -0.481 e.